The number of carbonyl (C=O) groups is 1. The van der Waals surface area contributed by atoms with Gasteiger partial charge in [-0.15, -0.1) is 11.3 Å². The Kier molecular flexibility index (Phi) is 5.27. The van der Waals surface area contributed by atoms with E-state index in [0.717, 1.165) is 37.1 Å². The largest absolute Gasteiger partial charge is 0.504 e. The molecule has 0 fully saturated rings. The maximum absolute atomic E-state index is 13.0. The van der Waals surface area contributed by atoms with E-state index in [4.69, 9.17) is 4.98 Å². The summed E-state index contributed by atoms with van der Waals surface area (Å²) in [4.78, 5) is 31.5. The van der Waals surface area contributed by atoms with Gasteiger partial charge < -0.3 is 15.5 Å². The first-order valence-corrected chi connectivity index (χ1v) is 10.6. The van der Waals surface area contributed by atoms with Crippen LogP contribution in [0.15, 0.2) is 23.0 Å². The lowest BCUT2D eigenvalue weighted by Gasteiger charge is -2.08. The van der Waals surface area contributed by atoms with Crippen LogP contribution >= 0.6 is 11.3 Å². The molecule has 0 spiro atoms. The van der Waals surface area contributed by atoms with Crippen LogP contribution in [0.4, 0.5) is 0 Å². The van der Waals surface area contributed by atoms with Gasteiger partial charge >= 0.3 is 0 Å². The molecule has 29 heavy (non-hydrogen) atoms. The Balaban J connectivity index is 1.55. The van der Waals surface area contributed by atoms with Gasteiger partial charge in [0.2, 0.25) is 0 Å². The third-order valence-corrected chi connectivity index (χ3v) is 6.54. The van der Waals surface area contributed by atoms with E-state index in [-0.39, 0.29) is 23.0 Å². The fourth-order valence-electron chi connectivity index (χ4n) is 3.75. The van der Waals surface area contributed by atoms with E-state index in [2.05, 4.69) is 5.32 Å². The Morgan fingerprint density at radius 3 is 2.86 bits per heavy atom. The summed E-state index contributed by atoms with van der Waals surface area (Å²) in [5, 5.41) is 22.4. The first-order valence-electron chi connectivity index (χ1n) is 9.77. The van der Waals surface area contributed by atoms with Gasteiger partial charge in [-0.1, -0.05) is 12.5 Å². The number of nitrogens with zero attached hydrogens (tertiary/aromatic N) is 2. The van der Waals surface area contributed by atoms with Crippen LogP contribution in [0.5, 0.6) is 11.5 Å². The van der Waals surface area contributed by atoms with Crippen LogP contribution in [-0.4, -0.2) is 32.2 Å². The second-order valence-corrected chi connectivity index (χ2v) is 8.36. The van der Waals surface area contributed by atoms with Crippen molar-refractivity contribution < 1.29 is 15.0 Å². The highest BCUT2D eigenvalue weighted by atomic mass is 32.1. The summed E-state index contributed by atoms with van der Waals surface area (Å²) in [6.45, 7) is 2.87. The number of benzene rings is 1. The van der Waals surface area contributed by atoms with E-state index in [9.17, 15) is 19.8 Å². The number of rotatable bonds is 4. The van der Waals surface area contributed by atoms with Crippen LogP contribution in [-0.2, 0) is 19.4 Å². The van der Waals surface area contributed by atoms with E-state index in [1.807, 2.05) is 0 Å². The maximum Gasteiger partial charge on any atom is 0.262 e. The van der Waals surface area contributed by atoms with Crippen LogP contribution in [0, 0.1) is 6.92 Å². The van der Waals surface area contributed by atoms with E-state index < -0.39 is 0 Å². The second kappa shape index (κ2) is 7.87. The summed E-state index contributed by atoms with van der Waals surface area (Å²) in [7, 11) is 0. The van der Waals surface area contributed by atoms with E-state index >= 15 is 0 Å². The molecule has 8 heteroatoms. The lowest BCUT2D eigenvalue weighted by atomic mass is 10.1. The highest BCUT2D eigenvalue weighted by molar-refractivity contribution is 7.20. The highest BCUT2D eigenvalue weighted by Crippen LogP contribution is 2.28. The number of hydrogen-bond donors (Lipinski definition) is 3. The fourth-order valence-corrected chi connectivity index (χ4v) is 4.86. The lowest BCUT2D eigenvalue weighted by molar-refractivity contribution is 0.0957. The summed E-state index contributed by atoms with van der Waals surface area (Å²) in [6.07, 6.45) is 4.41. The van der Waals surface area contributed by atoms with Gasteiger partial charge in [0, 0.05) is 19.5 Å². The van der Waals surface area contributed by atoms with Gasteiger partial charge in [-0.25, -0.2) is 4.98 Å². The number of amides is 1. The number of aromatic nitrogens is 2. The van der Waals surface area contributed by atoms with Crippen molar-refractivity contribution in [3.05, 3.63) is 50.4 Å². The molecule has 3 aromatic rings. The van der Waals surface area contributed by atoms with Gasteiger partial charge in [0.15, 0.2) is 11.5 Å². The van der Waals surface area contributed by atoms with Crippen molar-refractivity contribution in [2.75, 3.05) is 6.54 Å². The van der Waals surface area contributed by atoms with Crippen molar-refractivity contribution in [3.8, 4) is 11.5 Å². The van der Waals surface area contributed by atoms with Crippen LogP contribution in [0.1, 0.15) is 45.9 Å². The van der Waals surface area contributed by atoms with Crippen LogP contribution in [0.2, 0.25) is 0 Å². The molecule has 1 aliphatic rings. The predicted molar refractivity (Wildman–Crippen MR) is 112 cm³/mol. The molecule has 0 saturated carbocycles. The molecule has 1 aromatic carbocycles. The minimum absolute atomic E-state index is 0.0423. The number of carbonyl (C=O) groups excluding carboxylic acids is 1. The second-order valence-electron chi connectivity index (χ2n) is 7.36. The molecular weight excluding hydrogens is 390 g/mol. The van der Waals surface area contributed by atoms with Crippen molar-refractivity contribution in [2.24, 2.45) is 0 Å². The zero-order valence-electron chi connectivity index (χ0n) is 16.2. The Bertz CT molecular complexity index is 1150. The summed E-state index contributed by atoms with van der Waals surface area (Å²) in [6, 6.07) is 4.60. The molecule has 0 aliphatic carbocycles. The Morgan fingerprint density at radius 1 is 1.24 bits per heavy atom. The standard InChI is InChI=1S/C21H23N3O4S/c1-12-17-20(23-16-5-3-2-4-10-24(16)21(17)28)29-18(12)19(27)22-9-8-13-6-7-14(25)15(26)11-13/h6-7,11,25-26H,2-5,8-10H2,1H3,(H,22,27). The summed E-state index contributed by atoms with van der Waals surface area (Å²) < 4.78 is 1.77. The van der Waals surface area contributed by atoms with Crippen molar-refractivity contribution in [3.63, 3.8) is 0 Å². The third-order valence-electron chi connectivity index (χ3n) is 5.36. The van der Waals surface area contributed by atoms with Gasteiger partial charge in [0.05, 0.1) is 10.3 Å². The summed E-state index contributed by atoms with van der Waals surface area (Å²) in [5.74, 6) is 0.241. The Hall–Kier alpha value is -2.87. The summed E-state index contributed by atoms with van der Waals surface area (Å²) in [5.41, 5.74) is 1.44. The van der Waals surface area contributed by atoms with Crippen LogP contribution in [0.3, 0.4) is 0 Å². The minimum atomic E-state index is -0.229. The van der Waals surface area contributed by atoms with Crippen molar-refractivity contribution in [1.82, 2.24) is 14.9 Å². The zero-order chi connectivity index (χ0) is 20.5. The van der Waals surface area contributed by atoms with Crippen LogP contribution < -0.4 is 10.9 Å². The number of phenols is 2. The molecule has 0 saturated heterocycles. The molecule has 0 radical (unpaired) electrons. The van der Waals surface area contributed by atoms with Gasteiger partial charge in [-0.05, 0) is 49.4 Å². The number of fused-ring (bicyclic) bond motifs is 2. The number of aryl methyl sites for hydroxylation is 2. The molecule has 7 nitrogen and oxygen atoms in total. The maximum atomic E-state index is 13.0. The molecule has 1 amide bonds. The normalized spacial score (nSPS) is 13.8. The van der Waals surface area contributed by atoms with Gasteiger partial charge in [0.1, 0.15) is 10.7 Å². The molecule has 0 unspecified atom stereocenters. The first kappa shape index (κ1) is 19.4. The molecule has 2 aromatic heterocycles. The van der Waals surface area contributed by atoms with Gasteiger partial charge in [-0.2, -0.15) is 0 Å². The molecule has 3 N–H and O–H groups in total. The zero-order valence-corrected chi connectivity index (χ0v) is 17.0. The summed E-state index contributed by atoms with van der Waals surface area (Å²) >= 11 is 1.27. The third kappa shape index (κ3) is 3.72. The first-order chi connectivity index (χ1) is 14.0. The monoisotopic (exact) mass is 413 g/mol. The number of aromatic hydroxyl groups is 2. The quantitative estimate of drug-likeness (QED) is 0.571. The predicted octanol–water partition coefficient (Wildman–Crippen LogP) is 2.88. The van der Waals surface area contributed by atoms with Crippen molar-refractivity contribution >= 4 is 27.5 Å². The fraction of sp³-hybridized carbons (Fsp3) is 0.381. The number of phenolic OH excluding ortho intramolecular Hbond substituents is 2. The smallest absolute Gasteiger partial charge is 0.262 e. The number of hydrogen-bond acceptors (Lipinski definition) is 6. The van der Waals surface area contributed by atoms with Crippen LogP contribution in [0.25, 0.3) is 10.2 Å². The molecule has 1 aliphatic heterocycles. The Labute approximate surface area is 171 Å². The highest BCUT2D eigenvalue weighted by Gasteiger charge is 2.22. The van der Waals surface area contributed by atoms with E-state index in [1.165, 1.54) is 23.5 Å². The Morgan fingerprint density at radius 2 is 2.07 bits per heavy atom. The lowest BCUT2D eigenvalue weighted by Crippen LogP contribution is -2.26. The number of nitrogens with one attached hydrogen (secondary N) is 1. The van der Waals surface area contributed by atoms with Gasteiger partial charge in [-0.3, -0.25) is 14.2 Å². The molecular formula is C21H23N3O4S. The molecule has 0 atom stereocenters. The average molecular weight is 413 g/mol. The SMILES string of the molecule is Cc1c(C(=O)NCCc2ccc(O)c(O)c2)sc2nc3n(c(=O)c12)CCCCC3. The number of thiophene rings is 1. The van der Waals surface area contributed by atoms with Crippen molar-refractivity contribution in [1.29, 1.82) is 0 Å². The molecule has 4 rings (SSSR count). The van der Waals surface area contributed by atoms with E-state index in [0.29, 0.717) is 40.2 Å². The molecule has 0 bridgehead atoms. The average Bonchev–Trinajstić information content (AvgIpc) is 2.86. The van der Waals surface area contributed by atoms with Gasteiger partial charge in [0.25, 0.3) is 11.5 Å². The molecule has 152 valence electrons. The van der Waals surface area contributed by atoms with Crippen molar-refractivity contribution in [2.45, 2.75) is 45.6 Å². The molecule has 3 heterocycles. The minimum Gasteiger partial charge on any atom is -0.504 e. The topological polar surface area (TPSA) is 104 Å². The van der Waals surface area contributed by atoms with E-state index in [1.54, 1.807) is 17.6 Å².